The zero-order valence-corrected chi connectivity index (χ0v) is 15.2. The van der Waals surface area contributed by atoms with Crippen LogP contribution in [-0.2, 0) is 9.84 Å². The zero-order chi connectivity index (χ0) is 17.5. The van der Waals surface area contributed by atoms with Crippen LogP contribution in [-0.4, -0.2) is 43.8 Å². The third kappa shape index (κ3) is 3.18. The molecule has 1 saturated heterocycles. The van der Waals surface area contributed by atoms with E-state index in [4.69, 9.17) is 0 Å². The molecule has 0 bridgehead atoms. The smallest absolute Gasteiger partial charge is 0.254 e. The van der Waals surface area contributed by atoms with Crippen LogP contribution in [0, 0.1) is 13.8 Å². The lowest BCUT2D eigenvalue weighted by molar-refractivity contribution is 0.0728. The molecule has 0 aromatic heterocycles. The van der Waals surface area contributed by atoms with Crippen molar-refractivity contribution < 1.29 is 13.2 Å². The molecular formula is C19H23NO3S. The Labute approximate surface area is 143 Å². The number of piperidine rings is 1. The third-order valence-corrected chi connectivity index (χ3v) is 6.46. The first-order valence-corrected chi connectivity index (χ1v) is 10.2. The molecule has 2 aromatic carbocycles. The predicted molar refractivity (Wildman–Crippen MR) is 97.2 cm³/mol. The molecule has 1 unspecified atom stereocenters. The minimum Gasteiger partial charge on any atom is -0.337 e. The summed E-state index contributed by atoms with van der Waals surface area (Å²) in [5.41, 5.74) is 2.78. The van der Waals surface area contributed by atoms with Gasteiger partial charge in [0.05, 0.1) is 10.8 Å². The van der Waals surface area contributed by atoms with Crippen molar-refractivity contribution in [3.63, 3.8) is 0 Å². The van der Waals surface area contributed by atoms with Crippen molar-refractivity contribution in [2.45, 2.75) is 31.9 Å². The number of benzene rings is 2. The van der Waals surface area contributed by atoms with Gasteiger partial charge in [-0.3, -0.25) is 4.79 Å². The summed E-state index contributed by atoms with van der Waals surface area (Å²) in [6.07, 6.45) is 2.63. The summed E-state index contributed by atoms with van der Waals surface area (Å²) in [6.45, 7) is 4.87. The van der Waals surface area contributed by atoms with Crippen molar-refractivity contribution in [1.82, 2.24) is 4.90 Å². The van der Waals surface area contributed by atoms with E-state index in [9.17, 15) is 13.2 Å². The lowest BCUT2D eigenvalue weighted by Crippen LogP contribution is -2.45. The second-order valence-electron chi connectivity index (χ2n) is 6.83. The lowest BCUT2D eigenvalue weighted by Gasteiger charge is -2.32. The molecule has 1 fully saturated rings. The zero-order valence-electron chi connectivity index (χ0n) is 14.4. The van der Waals surface area contributed by atoms with Crippen molar-refractivity contribution in [1.29, 1.82) is 0 Å². The van der Waals surface area contributed by atoms with E-state index in [0.29, 0.717) is 25.1 Å². The highest BCUT2D eigenvalue weighted by Gasteiger charge is 2.31. The minimum absolute atomic E-state index is 0.0599. The third-order valence-electron chi connectivity index (χ3n) is 4.87. The number of hydrogen-bond acceptors (Lipinski definition) is 3. The van der Waals surface area contributed by atoms with Gasteiger partial charge in [0.1, 0.15) is 0 Å². The number of hydrogen-bond donors (Lipinski definition) is 0. The van der Waals surface area contributed by atoms with E-state index in [1.54, 1.807) is 4.90 Å². The topological polar surface area (TPSA) is 54.5 Å². The van der Waals surface area contributed by atoms with E-state index >= 15 is 0 Å². The highest BCUT2D eigenvalue weighted by atomic mass is 32.2. The fourth-order valence-electron chi connectivity index (χ4n) is 3.47. The molecule has 4 nitrogen and oxygen atoms in total. The first kappa shape index (κ1) is 17.0. The molecule has 1 atom stereocenters. The Morgan fingerprint density at radius 2 is 1.92 bits per heavy atom. The molecule has 5 heteroatoms. The van der Waals surface area contributed by atoms with Crippen molar-refractivity contribution in [2.75, 3.05) is 19.3 Å². The monoisotopic (exact) mass is 345 g/mol. The SMILES string of the molecule is Cc1ccc2c(C(=O)N3CCCC(S(C)(=O)=O)C3)c(C)ccc2c1. The average molecular weight is 345 g/mol. The fourth-order valence-corrected chi connectivity index (χ4v) is 4.52. The summed E-state index contributed by atoms with van der Waals surface area (Å²) in [6, 6.07) is 10.1. The molecule has 0 spiro atoms. The van der Waals surface area contributed by atoms with Gasteiger partial charge < -0.3 is 4.90 Å². The number of rotatable bonds is 2. The summed E-state index contributed by atoms with van der Waals surface area (Å²) < 4.78 is 23.7. The van der Waals surface area contributed by atoms with Gasteiger partial charge in [0.25, 0.3) is 5.91 Å². The Morgan fingerprint density at radius 1 is 1.17 bits per heavy atom. The molecule has 0 saturated carbocycles. The van der Waals surface area contributed by atoms with Crippen LogP contribution in [0.1, 0.15) is 34.3 Å². The number of aryl methyl sites for hydroxylation is 2. The molecule has 1 aliphatic rings. The Bertz CT molecular complexity index is 902. The second-order valence-corrected chi connectivity index (χ2v) is 9.15. The Kier molecular flexibility index (Phi) is 4.38. The van der Waals surface area contributed by atoms with E-state index in [-0.39, 0.29) is 5.91 Å². The molecule has 24 heavy (non-hydrogen) atoms. The molecule has 128 valence electrons. The first-order valence-electron chi connectivity index (χ1n) is 8.25. The van der Waals surface area contributed by atoms with Gasteiger partial charge in [-0.05, 0) is 43.0 Å². The van der Waals surface area contributed by atoms with Crippen LogP contribution in [0.5, 0.6) is 0 Å². The van der Waals surface area contributed by atoms with Crippen LogP contribution in [0.15, 0.2) is 30.3 Å². The molecule has 0 N–H and O–H groups in total. The summed E-state index contributed by atoms with van der Waals surface area (Å²) >= 11 is 0. The highest BCUT2D eigenvalue weighted by molar-refractivity contribution is 7.91. The minimum atomic E-state index is -3.13. The number of nitrogens with zero attached hydrogens (tertiary/aromatic N) is 1. The summed E-state index contributed by atoms with van der Waals surface area (Å²) in [4.78, 5) is 14.8. The van der Waals surface area contributed by atoms with Crippen LogP contribution >= 0.6 is 0 Å². The van der Waals surface area contributed by atoms with Crippen molar-refractivity contribution in [2.24, 2.45) is 0 Å². The quantitative estimate of drug-likeness (QED) is 0.840. The van der Waals surface area contributed by atoms with Crippen LogP contribution in [0.2, 0.25) is 0 Å². The van der Waals surface area contributed by atoms with E-state index in [1.165, 1.54) is 6.26 Å². The van der Waals surface area contributed by atoms with Gasteiger partial charge in [-0.25, -0.2) is 8.42 Å². The summed E-state index contributed by atoms with van der Waals surface area (Å²) in [5.74, 6) is -0.0599. The van der Waals surface area contributed by atoms with Gasteiger partial charge in [-0.15, -0.1) is 0 Å². The number of carbonyl (C=O) groups excluding carboxylic acids is 1. The molecule has 3 rings (SSSR count). The maximum atomic E-state index is 13.1. The maximum Gasteiger partial charge on any atom is 0.254 e. The van der Waals surface area contributed by atoms with Gasteiger partial charge in [-0.1, -0.05) is 35.9 Å². The number of fused-ring (bicyclic) bond motifs is 1. The molecule has 1 amide bonds. The average Bonchev–Trinajstić information content (AvgIpc) is 2.54. The van der Waals surface area contributed by atoms with Gasteiger partial charge in [-0.2, -0.15) is 0 Å². The van der Waals surface area contributed by atoms with Crippen molar-refractivity contribution >= 4 is 26.5 Å². The Balaban J connectivity index is 2.01. The van der Waals surface area contributed by atoms with Gasteiger partial charge >= 0.3 is 0 Å². The number of carbonyl (C=O) groups is 1. The standard InChI is InChI=1S/C19H23NO3S/c1-13-6-9-17-15(11-13)8-7-14(2)18(17)19(21)20-10-4-5-16(12-20)24(3,22)23/h6-9,11,16H,4-5,10,12H2,1-3H3. The molecule has 1 heterocycles. The van der Waals surface area contributed by atoms with Crippen LogP contribution < -0.4 is 0 Å². The summed E-state index contributed by atoms with van der Waals surface area (Å²) in [5, 5.41) is 1.53. The van der Waals surface area contributed by atoms with Gasteiger partial charge in [0, 0.05) is 19.3 Å². The van der Waals surface area contributed by atoms with Gasteiger partial charge in [0.15, 0.2) is 9.84 Å². The van der Waals surface area contributed by atoms with E-state index in [2.05, 4.69) is 6.07 Å². The molecule has 0 aliphatic carbocycles. The van der Waals surface area contributed by atoms with E-state index < -0.39 is 15.1 Å². The fraction of sp³-hybridized carbons (Fsp3) is 0.421. The van der Waals surface area contributed by atoms with E-state index in [0.717, 1.165) is 28.3 Å². The first-order chi connectivity index (χ1) is 11.3. The predicted octanol–water partition coefficient (Wildman–Crippen LogP) is 3.11. The molecule has 0 radical (unpaired) electrons. The number of sulfone groups is 1. The van der Waals surface area contributed by atoms with Gasteiger partial charge in [0.2, 0.25) is 0 Å². The maximum absolute atomic E-state index is 13.1. The van der Waals surface area contributed by atoms with E-state index in [1.807, 2.05) is 38.1 Å². The summed E-state index contributed by atoms with van der Waals surface area (Å²) in [7, 11) is -3.13. The number of amides is 1. The molecule has 2 aromatic rings. The largest absolute Gasteiger partial charge is 0.337 e. The van der Waals surface area contributed by atoms with Crippen LogP contribution in [0.3, 0.4) is 0 Å². The Hall–Kier alpha value is -1.88. The number of likely N-dealkylation sites (tertiary alicyclic amines) is 1. The normalized spacial score (nSPS) is 18.8. The van der Waals surface area contributed by atoms with Crippen LogP contribution in [0.25, 0.3) is 10.8 Å². The highest BCUT2D eigenvalue weighted by Crippen LogP contribution is 2.26. The Morgan fingerprint density at radius 3 is 2.62 bits per heavy atom. The molecule has 1 aliphatic heterocycles. The molecular weight excluding hydrogens is 322 g/mol. The second kappa shape index (κ2) is 6.20. The lowest BCUT2D eigenvalue weighted by atomic mass is 9.96. The van der Waals surface area contributed by atoms with Crippen LogP contribution in [0.4, 0.5) is 0 Å². The van der Waals surface area contributed by atoms with Crippen molar-refractivity contribution in [3.8, 4) is 0 Å². The van der Waals surface area contributed by atoms with Crippen molar-refractivity contribution in [3.05, 3.63) is 47.0 Å².